The number of carbonyl (C=O) groups excluding carboxylic acids is 1. The van der Waals surface area contributed by atoms with E-state index in [1.165, 1.54) is 23.5 Å². The van der Waals surface area contributed by atoms with E-state index in [1.807, 2.05) is 17.5 Å². The molecule has 2 aromatic heterocycles. The third kappa shape index (κ3) is 4.62. The SMILES string of the molecule is O=C(Nc1nc(-c2ccc(Br)s2)cs1)c1ccccc1NS(=O)(=O)c1ccccc1. The van der Waals surface area contributed by atoms with Crippen LogP contribution in [0.1, 0.15) is 10.4 Å². The first-order valence-corrected chi connectivity index (χ1v) is 12.6. The van der Waals surface area contributed by atoms with Gasteiger partial charge in [-0.05, 0) is 52.3 Å². The molecule has 0 saturated heterocycles. The van der Waals surface area contributed by atoms with E-state index >= 15 is 0 Å². The van der Waals surface area contributed by atoms with E-state index in [0.29, 0.717) is 5.13 Å². The molecule has 2 heterocycles. The van der Waals surface area contributed by atoms with Crippen LogP contribution in [-0.4, -0.2) is 19.3 Å². The van der Waals surface area contributed by atoms with Crippen molar-refractivity contribution in [2.75, 3.05) is 10.0 Å². The first-order valence-electron chi connectivity index (χ1n) is 8.62. The Morgan fingerprint density at radius 2 is 1.70 bits per heavy atom. The fourth-order valence-corrected chi connectivity index (χ4v) is 5.86. The van der Waals surface area contributed by atoms with Crippen molar-refractivity contribution in [2.24, 2.45) is 0 Å². The molecule has 0 saturated carbocycles. The number of amides is 1. The van der Waals surface area contributed by atoms with Crippen LogP contribution < -0.4 is 10.0 Å². The van der Waals surface area contributed by atoms with Crippen LogP contribution in [0.5, 0.6) is 0 Å². The quantitative estimate of drug-likeness (QED) is 0.342. The van der Waals surface area contributed by atoms with Gasteiger partial charge in [-0.2, -0.15) is 0 Å². The number of hydrogen-bond donors (Lipinski definition) is 2. The molecule has 2 N–H and O–H groups in total. The molecule has 0 aliphatic heterocycles. The molecule has 0 aliphatic carbocycles. The van der Waals surface area contributed by atoms with Gasteiger partial charge in [0.05, 0.1) is 30.5 Å². The molecular weight excluding hydrogens is 506 g/mol. The van der Waals surface area contributed by atoms with Gasteiger partial charge in [0.1, 0.15) is 0 Å². The zero-order chi connectivity index (χ0) is 21.1. The molecule has 0 unspecified atom stereocenters. The standard InChI is InChI=1S/C20H14BrN3O3S3/c21-18-11-10-17(29-18)16-12-28-20(22-16)23-19(25)14-8-4-5-9-15(14)24-30(26,27)13-6-2-1-3-7-13/h1-12,24H,(H,22,23,25). The van der Waals surface area contributed by atoms with Crippen molar-refractivity contribution in [3.8, 4) is 10.6 Å². The van der Waals surface area contributed by atoms with E-state index in [0.717, 1.165) is 14.4 Å². The zero-order valence-corrected chi connectivity index (χ0v) is 19.2. The van der Waals surface area contributed by atoms with Crippen LogP contribution in [0.3, 0.4) is 0 Å². The molecule has 10 heteroatoms. The maximum atomic E-state index is 12.8. The topological polar surface area (TPSA) is 88.2 Å². The van der Waals surface area contributed by atoms with E-state index in [2.05, 4.69) is 31.0 Å². The van der Waals surface area contributed by atoms with Crippen molar-refractivity contribution in [2.45, 2.75) is 4.90 Å². The van der Waals surface area contributed by atoms with Crippen molar-refractivity contribution in [1.29, 1.82) is 0 Å². The minimum atomic E-state index is -3.82. The normalized spacial score (nSPS) is 11.2. The Morgan fingerprint density at radius 1 is 0.967 bits per heavy atom. The average molecular weight is 520 g/mol. The van der Waals surface area contributed by atoms with Crippen LogP contribution in [0, 0.1) is 0 Å². The van der Waals surface area contributed by atoms with Gasteiger partial charge in [-0.3, -0.25) is 14.8 Å². The number of rotatable bonds is 6. The summed E-state index contributed by atoms with van der Waals surface area (Å²) < 4.78 is 28.8. The Bertz CT molecular complexity index is 1300. The van der Waals surface area contributed by atoms with Gasteiger partial charge >= 0.3 is 0 Å². The largest absolute Gasteiger partial charge is 0.298 e. The summed E-state index contributed by atoms with van der Waals surface area (Å²) in [6.07, 6.45) is 0. The van der Waals surface area contributed by atoms with Crippen molar-refractivity contribution in [3.63, 3.8) is 0 Å². The first kappa shape index (κ1) is 20.7. The number of aromatic nitrogens is 1. The predicted molar refractivity (Wildman–Crippen MR) is 125 cm³/mol. The molecule has 30 heavy (non-hydrogen) atoms. The number of halogens is 1. The van der Waals surface area contributed by atoms with Crippen molar-refractivity contribution >= 4 is 65.4 Å². The second kappa shape index (κ2) is 8.68. The highest BCUT2D eigenvalue weighted by atomic mass is 79.9. The Hall–Kier alpha value is -2.53. The molecule has 0 radical (unpaired) electrons. The van der Waals surface area contributed by atoms with Gasteiger partial charge in [0, 0.05) is 5.38 Å². The van der Waals surface area contributed by atoms with Gasteiger partial charge in [0.2, 0.25) is 0 Å². The lowest BCUT2D eigenvalue weighted by Gasteiger charge is -2.12. The third-order valence-corrected chi connectivity index (χ3v) is 7.81. The van der Waals surface area contributed by atoms with E-state index in [1.54, 1.807) is 53.8 Å². The van der Waals surface area contributed by atoms with Crippen LogP contribution in [0.4, 0.5) is 10.8 Å². The lowest BCUT2D eigenvalue weighted by molar-refractivity contribution is 0.102. The molecule has 0 spiro atoms. The summed E-state index contributed by atoms with van der Waals surface area (Å²) in [6, 6.07) is 18.3. The second-order valence-corrected chi connectivity index (χ2v) is 11.1. The van der Waals surface area contributed by atoms with E-state index in [9.17, 15) is 13.2 Å². The third-order valence-electron chi connectivity index (χ3n) is 4.02. The Labute approximate surface area is 189 Å². The van der Waals surface area contributed by atoms with Crippen LogP contribution in [0.25, 0.3) is 10.6 Å². The van der Waals surface area contributed by atoms with Gasteiger partial charge in [-0.25, -0.2) is 13.4 Å². The highest BCUT2D eigenvalue weighted by molar-refractivity contribution is 9.11. The summed E-state index contributed by atoms with van der Waals surface area (Å²) in [7, 11) is -3.82. The van der Waals surface area contributed by atoms with Crippen molar-refractivity contribution < 1.29 is 13.2 Å². The number of hydrogen-bond acceptors (Lipinski definition) is 6. The molecule has 4 aromatic rings. The lowest BCUT2D eigenvalue weighted by atomic mass is 10.2. The highest BCUT2D eigenvalue weighted by Crippen LogP contribution is 2.33. The van der Waals surface area contributed by atoms with Gasteiger partial charge < -0.3 is 0 Å². The monoisotopic (exact) mass is 519 g/mol. The molecular formula is C20H14BrN3O3S3. The summed E-state index contributed by atoms with van der Waals surface area (Å²) >= 11 is 6.27. The van der Waals surface area contributed by atoms with Gasteiger partial charge in [-0.1, -0.05) is 30.3 Å². The molecule has 0 aliphatic rings. The molecule has 0 bridgehead atoms. The average Bonchev–Trinajstić information content (AvgIpc) is 3.37. The zero-order valence-electron chi connectivity index (χ0n) is 15.2. The second-order valence-electron chi connectivity index (χ2n) is 6.06. The van der Waals surface area contributed by atoms with Gasteiger partial charge in [0.25, 0.3) is 15.9 Å². The Morgan fingerprint density at radius 3 is 2.43 bits per heavy atom. The van der Waals surface area contributed by atoms with Crippen LogP contribution in [-0.2, 0) is 10.0 Å². The molecule has 0 atom stereocenters. The molecule has 2 aromatic carbocycles. The molecule has 4 rings (SSSR count). The molecule has 1 amide bonds. The minimum absolute atomic E-state index is 0.117. The number of nitrogens with one attached hydrogen (secondary N) is 2. The number of thiophene rings is 1. The maximum absolute atomic E-state index is 12.8. The summed E-state index contributed by atoms with van der Waals surface area (Å²) in [5.41, 5.74) is 1.16. The molecule has 6 nitrogen and oxygen atoms in total. The fourth-order valence-electron chi connectivity index (χ4n) is 2.63. The van der Waals surface area contributed by atoms with Gasteiger partial charge in [0.15, 0.2) is 5.13 Å². The summed E-state index contributed by atoms with van der Waals surface area (Å²) in [4.78, 5) is 18.4. The van der Waals surface area contributed by atoms with Crippen LogP contribution in [0.2, 0.25) is 0 Å². The van der Waals surface area contributed by atoms with Gasteiger partial charge in [-0.15, -0.1) is 22.7 Å². The van der Waals surface area contributed by atoms with E-state index in [4.69, 9.17) is 0 Å². The van der Waals surface area contributed by atoms with E-state index < -0.39 is 15.9 Å². The van der Waals surface area contributed by atoms with Crippen LogP contribution in [0.15, 0.2) is 80.8 Å². The van der Waals surface area contributed by atoms with Crippen molar-refractivity contribution in [3.05, 3.63) is 81.5 Å². The summed E-state index contributed by atoms with van der Waals surface area (Å²) in [5, 5.41) is 5.04. The smallest absolute Gasteiger partial charge is 0.261 e. The maximum Gasteiger partial charge on any atom is 0.261 e. The van der Waals surface area contributed by atoms with E-state index in [-0.39, 0.29) is 16.1 Å². The predicted octanol–water partition coefficient (Wildman–Crippen LogP) is 5.69. The Kier molecular flexibility index (Phi) is 6.00. The van der Waals surface area contributed by atoms with Crippen molar-refractivity contribution in [1.82, 2.24) is 4.98 Å². The number of anilines is 2. The molecule has 152 valence electrons. The lowest BCUT2D eigenvalue weighted by Crippen LogP contribution is -2.18. The number of benzene rings is 2. The summed E-state index contributed by atoms with van der Waals surface area (Å²) in [6.45, 7) is 0. The fraction of sp³-hybridized carbons (Fsp3) is 0. The molecule has 0 fully saturated rings. The summed E-state index contributed by atoms with van der Waals surface area (Å²) in [5.74, 6) is -0.449. The van der Waals surface area contributed by atoms with Crippen LogP contribution >= 0.6 is 38.6 Å². The number of sulfonamides is 1. The number of thiazole rings is 1. The highest BCUT2D eigenvalue weighted by Gasteiger charge is 2.19. The Balaban J connectivity index is 1.55. The number of para-hydroxylation sites is 1. The number of nitrogens with zero attached hydrogens (tertiary/aromatic N) is 1. The minimum Gasteiger partial charge on any atom is -0.298 e. The number of carbonyl (C=O) groups is 1. The first-order chi connectivity index (χ1) is 14.4.